The minimum atomic E-state index is 0.631. The minimum absolute atomic E-state index is 0.631. The second-order valence-electron chi connectivity index (χ2n) is 15.2. The van der Waals surface area contributed by atoms with Crippen molar-refractivity contribution in [2.24, 2.45) is 58.0 Å². The maximum atomic E-state index is 5.63. The van der Waals surface area contributed by atoms with E-state index in [0.717, 1.165) is 54.0 Å². The van der Waals surface area contributed by atoms with Gasteiger partial charge in [-0.05, 0) is 136 Å². The topological polar surface area (TPSA) is 38.0 Å². The highest BCUT2D eigenvalue weighted by Crippen LogP contribution is 2.68. The summed E-state index contributed by atoms with van der Waals surface area (Å²) in [5, 5.41) is 3.99. The van der Waals surface area contributed by atoms with Crippen LogP contribution in [0.5, 0.6) is 0 Å². The van der Waals surface area contributed by atoms with Gasteiger partial charge in [-0.3, -0.25) is 0 Å². The fraction of sp³-hybridized carbons (Fsp3) is 1.00. The van der Waals surface area contributed by atoms with Crippen molar-refractivity contribution in [2.45, 2.75) is 150 Å². The van der Waals surface area contributed by atoms with E-state index in [4.69, 9.17) is 5.73 Å². The average Bonchev–Trinajstić information content (AvgIpc) is 3.20. The molecule has 0 amide bonds. The fourth-order valence-electron chi connectivity index (χ4n) is 10.6. The number of nitrogens with two attached hydrogens (primary N) is 1. The molecule has 3 N–H and O–H groups in total. The van der Waals surface area contributed by atoms with Crippen LogP contribution >= 0.6 is 0 Å². The normalized spacial score (nSPS) is 41.1. The Morgan fingerprint density at radius 1 is 0.750 bits per heavy atom. The first-order valence-electron chi connectivity index (χ1n) is 16.7. The van der Waals surface area contributed by atoms with Crippen LogP contribution in [0.3, 0.4) is 0 Å². The summed E-state index contributed by atoms with van der Waals surface area (Å²) < 4.78 is 0. The van der Waals surface area contributed by atoms with Crippen LogP contribution in [0.15, 0.2) is 0 Å². The molecule has 2 heteroatoms. The van der Waals surface area contributed by atoms with E-state index in [1.54, 1.807) is 19.3 Å². The molecule has 4 fully saturated rings. The molecule has 36 heavy (non-hydrogen) atoms. The van der Waals surface area contributed by atoms with Crippen LogP contribution in [-0.2, 0) is 0 Å². The summed E-state index contributed by atoms with van der Waals surface area (Å²) in [6.07, 6.45) is 24.6. The van der Waals surface area contributed by atoms with Gasteiger partial charge >= 0.3 is 0 Å². The molecule has 4 aliphatic rings. The van der Waals surface area contributed by atoms with Gasteiger partial charge < -0.3 is 11.1 Å². The molecular formula is C34H64N2. The highest BCUT2D eigenvalue weighted by atomic mass is 14.9. The average molecular weight is 501 g/mol. The van der Waals surface area contributed by atoms with E-state index >= 15 is 0 Å². The van der Waals surface area contributed by atoms with E-state index in [9.17, 15) is 0 Å². The maximum absolute atomic E-state index is 5.63. The highest BCUT2D eigenvalue weighted by Gasteiger charge is 2.60. The standard InChI is InChI=1S/C34H64N2/c1-25(2)12-11-13-26(3)30-16-17-31-29-15-14-27-24-28(36-23-10-8-6-7-9-22-35)18-20-33(27,4)32(29)19-21-34(30,31)5/h25-32,36H,6-24,35H2,1-5H3/t26-,27+,28+,29+,30-,31+,32+,33+,34-/m1/s1. The van der Waals surface area contributed by atoms with Gasteiger partial charge in [0, 0.05) is 6.04 Å². The molecule has 0 radical (unpaired) electrons. The third-order valence-corrected chi connectivity index (χ3v) is 12.7. The Morgan fingerprint density at radius 3 is 2.25 bits per heavy atom. The van der Waals surface area contributed by atoms with E-state index in [1.807, 2.05) is 0 Å². The van der Waals surface area contributed by atoms with Crippen molar-refractivity contribution in [2.75, 3.05) is 13.1 Å². The Morgan fingerprint density at radius 2 is 1.47 bits per heavy atom. The number of nitrogens with one attached hydrogen (secondary N) is 1. The van der Waals surface area contributed by atoms with Crippen LogP contribution in [0.2, 0.25) is 0 Å². The summed E-state index contributed by atoms with van der Waals surface area (Å²) in [5.41, 5.74) is 6.91. The molecule has 0 spiro atoms. The van der Waals surface area contributed by atoms with Gasteiger partial charge in [-0.2, -0.15) is 0 Å². The molecule has 0 aromatic carbocycles. The van der Waals surface area contributed by atoms with Gasteiger partial charge in [0.1, 0.15) is 0 Å². The zero-order valence-electron chi connectivity index (χ0n) is 25.1. The molecule has 0 heterocycles. The van der Waals surface area contributed by atoms with Crippen molar-refractivity contribution in [1.29, 1.82) is 0 Å². The maximum Gasteiger partial charge on any atom is 0.00701 e. The van der Waals surface area contributed by atoms with Crippen molar-refractivity contribution < 1.29 is 0 Å². The molecule has 0 unspecified atom stereocenters. The molecule has 0 aliphatic heterocycles. The lowest BCUT2D eigenvalue weighted by Gasteiger charge is -2.61. The Kier molecular flexibility index (Phi) is 10.3. The van der Waals surface area contributed by atoms with Gasteiger partial charge in [-0.15, -0.1) is 0 Å². The van der Waals surface area contributed by atoms with E-state index in [0.29, 0.717) is 10.8 Å². The van der Waals surface area contributed by atoms with Crippen molar-refractivity contribution in [1.82, 2.24) is 5.32 Å². The summed E-state index contributed by atoms with van der Waals surface area (Å²) >= 11 is 0. The van der Waals surface area contributed by atoms with Gasteiger partial charge in [0.25, 0.3) is 0 Å². The predicted molar refractivity (Wildman–Crippen MR) is 157 cm³/mol. The third-order valence-electron chi connectivity index (χ3n) is 12.7. The first-order chi connectivity index (χ1) is 17.3. The van der Waals surface area contributed by atoms with Crippen molar-refractivity contribution in [3.8, 4) is 0 Å². The molecule has 4 rings (SSSR count). The number of rotatable bonds is 13. The Hall–Kier alpha value is -0.0800. The summed E-state index contributed by atoms with van der Waals surface area (Å²) in [6, 6.07) is 0.792. The van der Waals surface area contributed by atoms with Crippen molar-refractivity contribution >= 4 is 0 Å². The van der Waals surface area contributed by atoms with Gasteiger partial charge in [0.15, 0.2) is 0 Å². The van der Waals surface area contributed by atoms with E-state index in [1.165, 1.54) is 96.4 Å². The summed E-state index contributed by atoms with van der Waals surface area (Å²) in [6.45, 7) is 15.0. The van der Waals surface area contributed by atoms with Crippen LogP contribution in [-0.4, -0.2) is 19.1 Å². The smallest absolute Gasteiger partial charge is 0.00701 e. The lowest BCUT2D eigenvalue weighted by Crippen LogP contribution is -2.55. The largest absolute Gasteiger partial charge is 0.330 e. The van der Waals surface area contributed by atoms with Crippen LogP contribution in [0, 0.1) is 52.3 Å². The number of hydrogen-bond acceptors (Lipinski definition) is 2. The quantitative estimate of drug-likeness (QED) is 0.248. The molecule has 9 atom stereocenters. The summed E-state index contributed by atoms with van der Waals surface area (Å²) in [4.78, 5) is 0. The summed E-state index contributed by atoms with van der Waals surface area (Å²) in [5.74, 6) is 6.87. The Bertz CT molecular complexity index is 660. The summed E-state index contributed by atoms with van der Waals surface area (Å²) in [7, 11) is 0. The van der Waals surface area contributed by atoms with E-state index < -0.39 is 0 Å². The first kappa shape index (κ1) is 28.9. The Labute approximate surface area is 226 Å². The first-order valence-corrected chi connectivity index (χ1v) is 16.7. The van der Waals surface area contributed by atoms with Crippen molar-refractivity contribution in [3.63, 3.8) is 0 Å². The molecule has 0 bridgehead atoms. The molecule has 0 aromatic rings. The van der Waals surface area contributed by atoms with Crippen LogP contribution in [0.25, 0.3) is 0 Å². The predicted octanol–water partition coefficient (Wildman–Crippen LogP) is 8.98. The highest BCUT2D eigenvalue weighted by molar-refractivity contribution is 5.10. The zero-order valence-corrected chi connectivity index (χ0v) is 25.1. The molecular weight excluding hydrogens is 436 g/mol. The van der Waals surface area contributed by atoms with E-state index in [2.05, 4.69) is 39.9 Å². The molecule has 4 saturated carbocycles. The van der Waals surface area contributed by atoms with Gasteiger partial charge in [0.05, 0.1) is 0 Å². The van der Waals surface area contributed by atoms with Crippen LogP contribution in [0.1, 0.15) is 144 Å². The Balaban J connectivity index is 1.28. The van der Waals surface area contributed by atoms with Crippen molar-refractivity contribution in [3.05, 3.63) is 0 Å². The number of hydrogen-bond donors (Lipinski definition) is 2. The lowest BCUT2D eigenvalue weighted by atomic mass is 9.44. The third kappa shape index (κ3) is 6.21. The molecule has 4 aliphatic carbocycles. The zero-order chi connectivity index (χ0) is 25.8. The fourth-order valence-corrected chi connectivity index (χ4v) is 10.6. The lowest BCUT2D eigenvalue weighted by molar-refractivity contribution is -0.118. The van der Waals surface area contributed by atoms with Gasteiger partial charge in [-0.25, -0.2) is 0 Å². The van der Waals surface area contributed by atoms with Gasteiger partial charge in [0.2, 0.25) is 0 Å². The molecule has 0 aromatic heterocycles. The number of unbranched alkanes of at least 4 members (excludes halogenated alkanes) is 4. The minimum Gasteiger partial charge on any atom is -0.330 e. The molecule has 210 valence electrons. The van der Waals surface area contributed by atoms with Gasteiger partial charge in [-0.1, -0.05) is 73.1 Å². The van der Waals surface area contributed by atoms with E-state index in [-0.39, 0.29) is 0 Å². The number of fused-ring (bicyclic) bond motifs is 5. The molecule has 0 saturated heterocycles. The SMILES string of the molecule is CC(C)CCC[C@@H](C)[C@H]1CC[C@H]2[C@@H]3CC[C@H]4C[C@@H](NCCCCCCCN)CC[C@]4(C)[C@H]3CC[C@]12C. The van der Waals surface area contributed by atoms with Crippen LogP contribution < -0.4 is 11.1 Å². The second-order valence-corrected chi connectivity index (χ2v) is 15.2. The second kappa shape index (κ2) is 12.8. The molecule has 2 nitrogen and oxygen atoms in total. The monoisotopic (exact) mass is 501 g/mol. The van der Waals surface area contributed by atoms with Crippen LogP contribution in [0.4, 0.5) is 0 Å².